The van der Waals surface area contributed by atoms with E-state index in [1.807, 2.05) is 29.8 Å². The molecule has 0 radical (unpaired) electrons. The van der Waals surface area contributed by atoms with Crippen LogP contribution < -0.4 is 5.73 Å². The molecule has 5 nitrogen and oxygen atoms in total. The zero-order chi connectivity index (χ0) is 14.0. The lowest BCUT2D eigenvalue weighted by Gasteiger charge is -2.12. The molecule has 19 heavy (non-hydrogen) atoms. The number of nitro groups is 1. The number of nitrogens with two attached hydrogens (primary N) is 1. The molecule has 1 atom stereocenters. The van der Waals surface area contributed by atoms with Crippen LogP contribution in [-0.4, -0.2) is 9.49 Å². The maximum Gasteiger partial charge on any atom is 0.274 e. The van der Waals surface area contributed by atoms with Crippen molar-refractivity contribution in [2.45, 2.75) is 19.5 Å². The van der Waals surface area contributed by atoms with Crippen LogP contribution in [0.5, 0.6) is 0 Å². The molecule has 0 aliphatic heterocycles. The quantitative estimate of drug-likeness (QED) is 0.690. The van der Waals surface area contributed by atoms with Crippen molar-refractivity contribution in [2.24, 2.45) is 5.73 Å². The first kappa shape index (κ1) is 13.6. The summed E-state index contributed by atoms with van der Waals surface area (Å²) in [5, 5.41) is 11.5. The summed E-state index contributed by atoms with van der Waals surface area (Å²) in [5.41, 5.74) is 7.41. The summed E-state index contributed by atoms with van der Waals surface area (Å²) in [7, 11) is 0. The number of rotatable bonds is 4. The van der Waals surface area contributed by atoms with E-state index in [0.717, 1.165) is 5.69 Å². The fraction of sp³-hybridized carbons (Fsp3) is 0.231. The number of nitrogens with zero attached hydrogens (tertiary/aromatic N) is 2. The van der Waals surface area contributed by atoms with Gasteiger partial charge in [-0.3, -0.25) is 10.1 Å². The minimum atomic E-state index is -0.402. The van der Waals surface area contributed by atoms with Crippen LogP contribution in [0.15, 0.2) is 36.5 Å². The van der Waals surface area contributed by atoms with Gasteiger partial charge in [-0.05, 0) is 31.2 Å². The summed E-state index contributed by atoms with van der Waals surface area (Å²) in [4.78, 5) is 10.6. The monoisotopic (exact) mass is 279 g/mol. The van der Waals surface area contributed by atoms with Gasteiger partial charge in [-0.1, -0.05) is 11.6 Å². The third-order valence-electron chi connectivity index (χ3n) is 2.91. The highest BCUT2D eigenvalue weighted by molar-refractivity contribution is 6.30. The Hall–Kier alpha value is -1.85. The van der Waals surface area contributed by atoms with Gasteiger partial charge in [0.1, 0.15) is 0 Å². The standard InChI is InChI=1S/C13H14ClN3O2/c1-9(15)12-3-2-6-16(12)8-10-7-11(14)4-5-13(10)17(18)19/h2-7,9H,8,15H2,1H3. The number of hydrogen-bond donors (Lipinski definition) is 1. The molecule has 0 saturated heterocycles. The Morgan fingerprint density at radius 3 is 2.84 bits per heavy atom. The van der Waals surface area contributed by atoms with Gasteiger partial charge in [-0.15, -0.1) is 0 Å². The van der Waals surface area contributed by atoms with Gasteiger partial charge < -0.3 is 10.3 Å². The molecule has 0 bridgehead atoms. The summed E-state index contributed by atoms with van der Waals surface area (Å²) < 4.78 is 1.89. The third kappa shape index (κ3) is 2.94. The molecule has 0 fully saturated rings. The van der Waals surface area contributed by atoms with E-state index in [-0.39, 0.29) is 11.7 Å². The molecule has 0 aliphatic rings. The highest BCUT2D eigenvalue weighted by Gasteiger charge is 2.15. The second-order valence-corrected chi connectivity index (χ2v) is 4.82. The average molecular weight is 280 g/mol. The van der Waals surface area contributed by atoms with E-state index in [9.17, 15) is 10.1 Å². The molecule has 0 saturated carbocycles. The van der Waals surface area contributed by atoms with E-state index in [1.165, 1.54) is 12.1 Å². The van der Waals surface area contributed by atoms with Crippen molar-refractivity contribution in [3.05, 3.63) is 62.9 Å². The molecule has 6 heteroatoms. The summed E-state index contributed by atoms with van der Waals surface area (Å²) in [6.45, 7) is 2.25. The maximum absolute atomic E-state index is 11.0. The topological polar surface area (TPSA) is 74.1 Å². The van der Waals surface area contributed by atoms with Gasteiger partial charge in [-0.2, -0.15) is 0 Å². The number of aromatic nitrogens is 1. The largest absolute Gasteiger partial charge is 0.345 e. The van der Waals surface area contributed by atoms with Crippen LogP contribution in [0.1, 0.15) is 24.2 Å². The normalized spacial score (nSPS) is 12.4. The smallest absolute Gasteiger partial charge is 0.274 e. The van der Waals surface area contributed by atoms with Crippen molar-refractivity contribution in [3.8, 4) is 0 Å². The molecule has 0 spiro atoms. The van der Waals surface area contributed by atoms with Crippen molar-refractivity contribution in [2.75, 3.05) is 0 Å². The Balaban J connectivity index is 2.40. The average Bonchev–Trinajstić information content (AvgIpc) is 2.76. The van der Waals surface area contributed by atoms with E-state index in [4.69, 9.17) is 17.3 Å². The van der Waals surface area contributed by atoms with Gasteiger partial charge in [0.05, 0.1) is 17.0 Å². The molecule has 100 valence electrons. The van der Waals surface area contributed by atoms with E-state index in [0.29, 0.717) is 17.1 Å². The minimum absolute atomic E-state index is 0.0636. The van der Waals surface area contributed by atoms with E-state index in [2.05, 4.69) is 0 Å². The van der Waals surface area contributed by atoms with Crippen molar-refractivity contribution < 1.29 is 4.92 Å². The first-order valence-corrected chi connectivity index (χ1v) is 6.20. The van der Waals surface area contributed by atoms with Crippen LogP contribution >= 0.6 is 11.6 Å². The summed E-state index contributed by atoms with van der Waals surface area (Å²) >= 11 is 5.91. The molecule has 2 rings (SSSR count). The fourth-order valence-corrected chi connectivity index (χ4v) is 2.22. The SMILES string of the molecule is CC(N)c1cccn1Cc1cc(Cl)ccc1[N+](=O)[O-]. The lowest BCUT2D eigenvalue weighted by Crippen LogP contribution is -2.13. The zero-order valence-corrected chi connectivity index (χ0v) is 11.2. The number of halogens is 1. The lowest BCUT2D eigenvalue weighted by molar-refractivity contribution is -0.385. The molecule has 2 aromatic rings. The lowest BCUT2D eigenvalue weighted by atomic mass is 10.1. The zero-order valence-electron chi connectivity index (χ0n) is 10.4. The Bertz CT molecular complexity index is 608. The predicted molar refractivity (Wildman–Crippen MR) is 74.2 cm³/mol. The van der Waals surface area contributed by atoms with Crippen molar-refractivity contribution >= 4 is 17.3 Å². The Morgan fingerprint density at radius 2 is 2.21 bits per heavy atom. The summed E-state index contributed by atoms with van der Waals surface area (Å²) in [6.07, 6.45) is 1.85. The van der Waals surface area contributed by atoms with Crippen LogP contribution in [0, 0.1) is 10.1 Å². The highest BCUT2D eigenvalue weighted by atomic mass is 35.5. The maximum atomic E-state index is 11.0. The summed E-state index contributed by atoms with van der Waals surface area (Å²) in [6, 6.07) is 8.20. The van der Waals surface area contributed by atoms with Crippen LogP contribution in [0.25, 0.3) is 0 Å². The van der Waals surface area contributed by atoms with E-state index < -0.39 is 4.92 Å². The minimum Gasteiger partial charge on any atom is -0.345 e. The second-order valence-electron chi connectivity index (χ2n) is 4.38. The molecule has 1 aromatic heterocycles. The predicted octanol–water partition coefficient (Wildman–Crippen LogP) is 3.12. The van der Waals surface area contributed by atoms with Gasteiger partial charge in [0.2, 0.25) is 0 Å². The Kier molecular flexibility index (Phi) is 3.87. The molecule has 1 unspecified atom stereocenters. The molecular weight excluding hydrogens is 266 g/mol. The van der Waals surface area contributed by atoms with Crippen molar-refractivity contribution in [3.63, 3.8) is 0 Å². The van der Waals surface area contributed by atoms with Crippen molar-refractivity contribution in [1.82, 2.24) is 4.57 Å². The van der Waals surface area contributed by atoms with Crippen LogP contribution in [-0.2, 0) is 6.54 Å². The van der Waals surface area contributed by atoms with Gasteiger partial charge in [0.15, 0.2) is 0 Å². The van der Waals surface area contributed by atoms with E-state index >= 15 is 0 Å². The number of benzene rings is 1. The number of nitro benzene ring substituents is 1. The first-order chi connectivity index (χ1) is 8.99. The van der Waals surface area contributed by atoms with Crippen molar-refractivity contribution in [1.29, 1.82) is 0 Å². The Labute approximate surface area is 115 Å². The molecule has 2 N–H and O–H groups in total. The van der Waals surface area contributed by atoms with Crippen LogP contribution in [0.2, 0.25) is 5.02 Å². The van der Waals surface area contributed by atoms with Crippen LogP contribution in [0.3, 0.4) is 0 Å². The third-order valence-corrected chi connectivity index (χ3v) is 3.15. The Morgan fingerprint density at radius 1 is 1.47 bits per heavy atom. The highest BCUT2D eigenvalue weighted by Crippen LogP contribution is 2.24. The first-order valence-electron chi connectivity index (χ1n) is 5.82. The fourth-order valence-electron chi connectivity index (χ4n) is 2.03. The summed E-state index contributed by atoms with van der Waals surface area (Å²) in [5.74, 6) is 0. The second kappa shape index (κ2) is 5.42. The van der Waals surface area contributed by atoms with E-state index in [1.54, 1.807) is 6.07 Å². The van der Waals surface area contributed by atoms with Crippen LogP contribution in [0.4, 0.5) is 5.69 Å². The van der Waals surface area contributed by atoms with Gasteiger partial charge >= 0.3 is 0 Å². The molecule has 0 amide bonds. The molecule has 0 aliphatic carbocycles. The van der Waals surface area contributed by atoms with Gasteiger partial charge in [-0.25, -0.2) is 0 Å². The molecule has 1 heterocycles. The van der Waals surface area contributed by atoms with Gasteiger partial charge in [0, 0.05) is 29.0 Å². The van der Waals surface area contributed by atoms with Gasteiger partial charge in [0.25, 0.3) is 5.69 Å². The molecular formula is C13H14ClN3O2. The number of hydrogen-bond acceptors (Lipinski definition) is 3. The molecule has 1 aromatic carbocycles.